The molecule has 0 saturated carbocycles. The van der Waals surface area contributed by atoms with Gasteiger partial charge in [-0.3, -0.25) is 0 Å². The van der Waals surface area contributed by atoms with Crippen LogP contribution in [0.25, 0.3) is 0 Å². The van der Waals surface area contributed by atoms with E-state index < -0.39 is 0 Å². The van der Waals surface area contributed by atoms with Crippen LogP contribution in [0.15, 0.2) is 23.8 Å². The van der Waals surface area contributed by atoms with Crippen LogP contribution in [0.5, 0.6) is 0 Å². The molecule has 0 spiro atoms. The molecule has 1 heterocycles. The fourth-order valence-corrected chi connectivity index (χ4v) is 1.17. The zero-order valence-corrected chi connectivity index (χ0v) is 8.51. The summed E-state index contributed by atoms with van der Waals surface area (Å²) in [6.45, 7) is 9.34. The van der Waals surface area contributed by atoms with Crippen LogP contribution in [0.2, 0.25) is 0 Å². The van der Waals surface area contributed by atoms with Gasteiger partial charge in [0, 0.05) is 6.42 Å². The first-order chi connectivity index (χ1) is 6.18. The van der Waals surface area contributed by atoms with E-state index in [9.17, 15) is 0 Å². The van der Waals surface area contributed by atoms with Crippen molar-refractivity contribution < 1.29 is 9.47 Å². The predicted molar refractivity (Wildman–Crippen MR) is 53.5 cm³/mol. The molecule has 0 aliphatic carbocycles. The van der Waals surface area contributed by atoms with Crippen LogP contribution in [0.3, 0.4) is 0 Å². The molecule has 0 bridgehead atoms. The Kier molecular flexibility index (Phi) is 4.19. The highest BCUT2D eigenvalue weighted by Gasteiger charge is 2.13. The highest BCUT2D eigenvalue weighted by molar-refractivity contribution is 5.01. The second-order valence-electron chi connectivity index (χ2n) is 3.60. The molecule has 1 aliphatic rings. The van der Waals surface area contributed by atoms with Gasteiger partial charge in [0.25, 0.3) is 0 Å². The van der Waals surface area contributed by atoms with Crippen LogP contribution >= 0.6 is 0 Å². The van der Waals surface area contributed by atoms with E-state index in [1.54, 1.807) is 0 Å². The minimum absolute atomic E-state index is 0.0376. The van der Waals surface area contributed by atoms with Gasteiger partial charge in [-0.05, 0) is 20.3 Å². The fourth-order valence-electron chi connectivity index (χ4n) is 1.17. The normalized spacial score (nSPS) is 22.6. The van der Waals surface area contributed by atoms with Gasteiger partial charge in [0.2, 0.25) is 0 Å². The van der Waals surface area contributed by atoms with E-state index in [1.165, 1.54) is 5.57 Å². The zero-order valence-electron chi connectivity index (χ0n) is 8.51. The molecule has 1 rings (SSSR count). The summed E-state index contributed by atoms with van der Waals surface area (Å²) < 4.78 is 10.9. The molecule has 1 atom stereocenters. The molecule has 0 N–H and O–H groups in total. The maximum absolute atomic E-state index is 5.54. The van der Waals surface area contributed by atoms with Crippen molar-refractivity contribution in [2.45, 2.75) is 33.0 Å². The summed E-state index contributed by atoms with van der Waals surface area (Å²) in [6, 6.07) is 0. The molecular weight excluding hydrogens is 164 g/mol. The topological polar surface area (TPSA) is 18.5 Å². The van der Waals surface area contributed by atoms with E-state index >= 15 is 0 Å². The monoisotopic (exact) mass is 182 g/mol. The molecule has 0 aromatic heterocycles. The minimum Gasteiger partial charge on any atom is -0.352 e. The molecule has 0 saturated heterocycles. The maximum Gasteiger partial charge on any atom is 0.161 e. The van der Waals surface area contributed by atoms with E-state index in [1.807, 2.05) is 6.92 Å². The van der Waals surface area contributed by atoms with Crippen molar-refractivity contribution in [2.24, 2.45) is 0 Å². The first-order valence-corrected chi connectivity index (χ1v) is 4.71. The van der Waals surface area contributed by atoms with Gasteiger partial charge in [0.1, 0.15) is 0 Å². The molecule has 1 unspecified atom stereocenters. The average Bonchev–Trinajstić information content (AvgIpc) is 2.03. The Labute approximate surface area is 80.2 Å². The summed E-state index contributed by atoms with van der Waals surface area (Å²) in [7, 11) is 0. The lowest BCUT2D eigenvalue weighted by Gasteiger charge is -2.22. The maximum atomic E-state index is 5.54. The lowest BCUT2D eigenvalue weighted by atomic mass is 10.2. The van der Waals surface area contributed by atoms with Gasteiger partial charge >= 0.3 is 0 Å². The summed E-state index contributed by atoms with van der Waals surface area (Å²) in [5, 5.41) is 0. The van der Waals surface area contributed by atoms with Gasteiger partial charge in [-0.1, -0.05) is 17.2 Å². The second-order valence-corrected chi connectivity index (χ2v) is 3.60. The highest BCUT2D eigenvalue weighted by atomic mass is 16.7. The van der Waals surface area contributed by atoms with E-state index in [0.29, 0.717) is 13.2 Å². The first kappa shape index (κ1) is 10.5. The van der Waals surface area contributed by atoms with Crippen LogP contribution in [0.4, 0.5) is 0 Å². The van der Waals surface area contributed by atoms with Crippen molar-refractivity contribution in [3.63, 3.8) is 0 Å². The van der Waals surface area contributed by atoms with Gasteiger partial charge in [0.05, 0.1) is 13.2 Å². The van der Waals surface area contributed by atoms with Crippen molar-refractivity contribution in [1.82, 2.24) is 0 Å². The Morgan fingerprint density at radius 3 is 3.15 bits per heavy atom. The van der Waals surface area contributed by atoms with Crippen molar-refractivity contribution in [3.8, 4) is 0 Å². The number of hydrogen-bond acceptors (Lipinski definition) is 2. The standard InChI is InChI=1S/C11H18O2/c1-9(2)4-6-12-11-8-10(3)5-7-13-11/h5,11H,1,4,6-8H2,2-3H3. The third kappa shape index (κ3) is 4.25. The minimum atomic E-state index is -0.0376. The predicted octanol–water partition coefficient (Wildman–Crippen LogP) is 2.66. The lowest BCUT2D eigenvalue weighted by Crippen LogP contribution is -2.21. The molecule has 13 heavy (non-hydrogen) atoms. The van der Waals surface area contributed by atoms with Crippen molar-refractivity contribution in [1.29, 1.82) is 0 Å². The van der Waals surface area contributed by atoms with Crippen LogP contribution < -0.4 is 0 Å². The SMILES string of the molecule is C=C(C)CCOC1CC(C)=CCO1. The first-order valence-electron chi connectivity index (χ1n) is 4.71. The molecule has 0 aromatic carbocycles. The molecule has 0 radical (unpaired) electrons. The van der Waals surface area contributed by atoms with Gasteiger partial charge < -0.3 is 9.47 Å². The van der Waals surface area contributed by atoms with E-state index in [2.05, 4.69) is 19.6 Å². The van der Waals surface area contributed by atoms with E-state index in [0.717, 1.165) is 18.4 Å². The quantitative estimate of drug-likeness (QED) is 0.622. The third-order valence-corrected chi connectivity index (χ3v) is 2.04. The van der Waals surface area contributed by atoms with E-state index in [4.69, 9.17) is 9.47 Å². The fraction of sp³-hybridized carbons (Fsp3) is 0.636. The summed E-state index contributed by atoms with van der Waals surface area (Å²) >= 11 is 0. The molecule has 1 aliphatic heterocycles. The molecule has 2 nitrogen and oxygen atoms in total. The van der Waals surface area contributed by atoms with Crippen LogP contribution in [0, 0.1) is 0 Å². The van der Waals surface area contributed by atoms with Gasteiger partial charge in [-0.2, -0.15) is 0 Å². The second kappa shape index (κ2) is 5.20. The number of rotatable bonds is 4. The van der Waals surface area contributed by atoms with Gasteiger partial charge in [-0.15, -0.1) is 6.58 Å². The number of hydrogen-bond donors (Lipinski definition) is 0. The van der Waals surface area contributed by atoms with Crippen LogP contribution in [-0.2, 0) is 9.47 Å². The molecule has 0 fully saturated rings. The van der Waals surface area contributed by atoms with Crippen molar-refractivity contribution in [3.05, 3.63) is 23.8 Å². The lowest BCUT2D eigenvalue weighted by molar-refractivity contribution is -0.138. The Balaban J connectivity index is 2.15. The molecule has 74 valence electrons. The molecule has 0 aromatic rings. The molecule has 2 heteroatoms. The Morgan fingerprint density at radius 2 is 2.54 bits per heavy atom. The number of ether oxygens (including phenoxy) is 2. The summed E-state index contributed by atoms with van der Waals surface area (Å²) in [6.07, 6.45) is 3.88. The Bertz CT molecular complexity index is 206. The van der Waals surface area contributed by atoms with Crippen molar-refractivity contribution >= 4 is 0 Å². The zero-order chi connectivity index (χ0) is 9.68. The molecule has 0 amide bonds. The summed E-state index contributed by atoms with van der Waals surface area (Å²) in [5.41, 5.74) is 2.51. The smallest absolute Gasteiger partial charge is 0.161 e. The van der Waals surface area contributed by atoms with E-state index in [-0.39, 0.29) is 6.29 Å². The summed E-state index contributed by atoms with van der Waals surface area (Å²) in [4.78, 5) is 0. The summed E-state index contributed by atoms with van der Waals surface area (Å²) in [5.74, 6) is 0. The van der Waals surface area contributed by atoms with Crippen molar-refractivity contribution in [2.75, 3.05) is 13.2 Å². The third-order valence-electron chi connectivity index (χ3n) is 2.04. The van der Waals surface area contributed by atoms with Crippen LogP contribution in [0.1, 0.15) is 26.7 Å². The largest absolute Gasteiger partial charge is 0.352 e. The molecular formula is C11H18O2. The van der Waals surface area contributed by atoms with Gasteiger partial charge in [0.15, 0.2) is 6.29 Å². The van der Waals surface area contributed by atoms with Gasteiger partial charge in [-0.25, -0.2) is 0 Å². The Morgan fingerprint density at radius 1 is 1.77 bits per heavy atom. The van der Waals surface area contributed by atoms with Crippen LogP contribution in [-0.4, -0.2) is 19.5 Å². The average molecular weight is 182 g/mol. The Hall–Kier alpha value is -0.600. The highest BCUT2D eigenvalue weighted by Crippen LogP contribution is 2.15.